The highest BCUT2D eigenvalue weighted by atomic mass is 35.5. The number of ether oxygens (including phenoxy) is 1. The van der Waals surface area contributed by atoms with Crippen LogP contribution in [0.5, 0.6) is 0 Å². The lowest BCUT2D eigenvalue weighted by Crippen LogP contribution is -2.53. The monoisotopic (exact) mass is 343 g/mol. The van der Waals surface area contributed by atoms with Gasteiger partial charge in [-0.3, -0.25) is 9.59 Å². The normalized spacial score (nSPS) is 12.7. The molecular weight excluding hydrogens is 318 g/mol. The lowest BCUT2D eigenvalue weighted by molar-refractivity contribution is -0.143. The molecule has 1 aromatic rings. The fourth-order valence-electron chi connectivity index (χ4n) is 1.99. The number of carbonyl (C=O) groups is 2. The maximum atomic E-state index is 12.8. The smallest absolute Gasteiger partial charge is 0.247 e. The van der Waals surface area contributed by atoms with Crippen molar-refractivity contribution in [2.24, 2.45) is 5.73 Å². The maximum Gasteiger partial charge on any atom is 0.247 e. The molecule has 0 aliphatic heterocycles. The van der Waals surface area contributed by atoms with Gasteiger partial charge in [-0.05, 0) is 12.5 Å². The molecule has 2 N–H and O–H groups in total. The molecule has 2 amide bonds. The van der Waals surface area contributed by atoms with Gasteiger partial charge >= 0.3 is 0 Å². The molecule has 0 aliphatic rings. The zero-order chi connectivity index (χ0) is 16.8. The van der Waals surface area contributed by atoms with E-state index in [4.69, 9.17) is 10.5 Å². The highest BCUT2D eigenvalue weighted by Gasteiger charge is 2.35. The van der Waals surface area contributed by atoms with Crippen LogP contribution in [0.15, 0.2) is 30.3 Å². The average molecular weight is 344 g/mol. The molecule has 0 aromatic heterocycles. The first-order valence-electron chi connectivity index (χ1n) is 7.13. The molecular formula is C16H26ClN3O3. The van der Waals surface area contributed by atoms with Gasteiger partial charge in [0.05, 0.1) is 13.2 Å². The van der Waals surface area contributed by atoms with Crippen molar-refractivity contribution >= 4 is 24.2 Å². The summed E-state index contributed by atoms with van der Waals surface area (Å²) in [6.45, 7) is 2.30. The quantitative estimate of drug-likeness (QED) is 0.796. The van der Waals surface area contributed by atoms with Crippen LogP contribution in [0.25, 0.3) is 0 Å². The average Bonchev–Trinajstić information content (AvgIpc) is 2.51. The number of likely N-dealkylation sites (N-methyl/N-ethyl adjacent to an activating group) is 1. The number of nitrogens with zero attached hydrogens (tertiary/aromatic N) is 2. The second-order valence-electron chi connectivity index (χ2n) is 5.58. The summed E-state index contributed by atoms with van der Waals surface area (Å²) in [5.74, 6) is -0.459. The summed E-state index contributed by atoms with van der Waals surface area (Å²) in [6, 6.07) is 9.14. The summed E-state index contributed by atoms with van der Waals surface area (Å²) < 4.78 is 5.02. The highest BCUT2D eigenvalue weighted by molar-refractivity contribution is 5.90. The van der Waals surface area contributed by atoms with Crippen LogP contribution < -0.4 is 5.73 Å². The molecule has 1 unspecified atom stereocenters. The van der Waals surface area contributed by atoms with Crippen molar-refractivity contribution in [3.05, 3.63) is 35.9 Å². The van der Waals surface area contributed by atoms with E-state index in [-0.39, 0.29) is 30.8 Å². The Morgan fingerprint density at radius 2 is 1.78 bits per heavy atom. The number of nitrogens with two attached hydrogens (primary N) is 1. The van der Waals surface area contributed by atoms with Crippen LogP contribution in [0.4, 0.5) is 0 Å². The van der Waals surface area contributed by atoms with Crippen molar-refractivity contribution in [3.63, 3.8) is 0 Å². The molecule has 130 valence electrons. The molecule has 0 bridgehead atoms. The molecule has 0 aliphatic carbocycles. The Labute approximate surface area is 144 Å². The Balaban J connectivity index is 0.00000484. The predicted octanol–water partition coefficient (Wildman–Crippen LogP) is 0.846. The molecule has 1 aromatic carbocycles. The first-order valence-corrected chi connectivity index (χ1v) is 7.13. The molecule has 7 heteroatoms. The standard InChI is InChI=1S/C16H25N3O3.ClH/c1-16(17,13-8-6-5-7-9-13)15(21)19(10-11-22-4)12-14(20)18(2)3;/h5-9H,10-12,17H2,1-4H3;1H. The Morgan fingerprint density at radius 1 is 1.22 bits per heavy atom. The topological polar surface area (TPSA) is 75.9 Å². The van der Waals surface area contributed by atoms with Crippen LogP contribution in [0.1, 0.15) is 12.5 Å². The molecule has 0 saturated heterocycles. The molecule has 0 radical (unpaired) electrons. The van der Waals surface area contributed by atoms with Crippen molar-refractivity contribution in [1.82, 2.24) is 9.80 Å². The van der Waals surface area contributed by atoms with E-state index in [9.17, 15) is 9.59 Å². The first kappa shape index (κ1) is 21.4. The van der Waals surface area contributed by atoms with Crippen molar-refractivity contribution in [2.75, 3.05) is 40.9 Å². The van der Waals surface area contributed by atoms with Crippen molar-refractivity contribution in [1.29, 1.82) is 0 Å². The Kier molecular flexibility index (Phi) is 8.82. The van der Waals surface area contributed by atoms with Gasteiger partial charge in [0.15, 0.2) is 0 Å². The van der Waals surface area contributed by atoms with E-state index < -0.39 is 5.54 Å². The molecule has 0 heterocycles. The van der Waals surface area contributed by atoms with Crippen molar-refractivity contribution < 1.29 is 14.3 Å². The van der Waals surface area contributed by atoms with Gasteiger partial charge in [0.25, 0.3) is 0 Å². The Bertz CT molecular complexity index is 507. The first-order chi connectivity index (χ1) is 10.3. The number of halogens is 1. The molecule has 0 saturated carbocycles. The number of amides is 2. The van der Waals surface area contributed by atoms with Gasteiger partial charge in [0.2, 0.25) is 11.8 Å². The zero-order valence-corrected chi connectivity index (χ0v) is 14.9. The minimum absolute atomic E-state index is 0. The molecule has 1 rings (SSSR count). The number of carbonyl (C=O) groups excluding carboxylic acids is 2. The highest BCUT2D eigenvalue weighted by Crippen LogP contribution is 2.20. The third kappa shape index (κ3) is 5.82. The van der Waals surface area contributed by atoms with Gasteiger partial charge < -0.3 is 20.3 Å². The van der Waals surface area contributed by atoms with Gasteiger partial charge in [-0.15, -0.1) is 12.4 Å². The lowest BCUT2D eigenvalue weighted by atomic mass is 9.91. The van der Waals surface area contributed by atoms with Gasteiger partial charge in [-0.2, -0.15) is 0 Å². The van der Waals surface area contributed by atoms with Gasteiger partial charge in [-0.1, -0.05) is 30.3 Å². The zero-order valence-electron chi connectivity index (χ0n) is 14.1. The minimum Gasteiger partial charge on any atom is -0.383 e. The van der Waals surface area contributed by atoms with Crippen molar-refractivity contribution in [3.8, 4) is 0 Å². The lowest BCUT2D eigenvalue weighted by Gasteiger charge is -2.32. The van der Waals surface area contributed by atoms with Crippen LogP contribution in [0, 0.1) is 0 Å². The largest absolute Gasteiger partial charge is 0.383 e. The van der Waals surface area contributed by atoms with E-state index in [1.807, 2.05) is 18.2 Å². The van der Waals surface area contributed by atoms with Crippen LogP contribution >= 0.6 is 12.4 Å². The molecule has 23 heavy (non-hydrogen) atoms. The minimum atomic E-state index is -1.19. The van der Waals surface area contributed by atoms with E-state index in [1.165, 1.54) is 9.80 Å². The number of methoxy groups -OCH3 is 1. The van der Waals surface area contributed by atoms with Crippen LogP contribution in [-0.4, -0.2) is 62.5 Å². The third-order valence-corrected chi connectivity index (χ3v) is 3.50. The number of hydrogen-bond donors (Lipinski definition) is 1. The Hall–Kier alpha value is -1.63. The third-order valence-electron chi connectivity index (χ3n) is 3.50. The van der Waals surface area contributed by atoms with Crippen molar-refractivity contribution in [2.45, 2.75) is 12.5 Å². The second kappa shape index (κ2) is 9.50. The molecule has 1 atom stereocenters. The van der Waals surface area contributed by atoms with E-state index >= 15 is 0 Å². The summed E-state index contributed by atoms with van der Waals surface area (Å²) >= 11 is 0. The molecule has 6 nitrogen and oxygen atoms in total. The van der Waals surface area contributed by atoms with E-state index in [2.05, 4.69) is 0 Å². The number of hydrogen-bond acceptors (Lipinski definition) is 4. The van der Waals surface area contributed by atoms with Gasteiger partial charge in [-0.25, -0.2) is 0 Å². The van der Waals surface area contributed by atoms with Crippen LogP contribution in [0.2, 0.25) is 0 Å². The molecule has 0 spiro atoms. The second-order valence-corrected chi connectivity index (χ2v) is 5.58. The van der Waals surface area contributed by atoms with Gasteiger partial charge in [0, 0.05) is 27.7 Å². The van der Waals surface area contributed by atoms with Crippen LogP contribution in [-0.2, 0) is 19.9 Å². The predicted molar refractivity (Wildman–Crippen MR) is 92.4 cm³/mol. The maximum absolute atomic E-state index is 12.8. The van der Waals surface area contributed by atoms with E-state index in [1.54, 1.807) is 40.3 Å². The van der Waals surface area contributed by atoms with Crippen LogP contribution in [0.3, 0.4) is 0 Å². The van der Waals surface area contributed by atoms with Gasteiger partial charge in [0.1, 0.15) is 5.54 Å². The Morgan fingerprint density at radius 3 is 2.26 bits per heavy atom. The fraction of sp³-hybridized carbons (Fsp3) is 0.500. The number of rotatable bonds is 7. The summed E-state index contributed by atoms with van der Waals surface area (Å²) in [5.41, 5.74) is 5.76. The van der Waals surface area contributed by atoms with E-state index in [0.29, 0.717) is 18.7 Å². The molecule has 0 fully saturated rings. The van der Waals surface area contributed by atoms with E-state index in [0.717, 1.165) is 0 Å². The SMILES string of the molecule is COCCN(CC(=O)N(C)C)C(=O)C(C)(N)c1ccccc1.Cl. The number of benzene rings is 1. The summed E-state index contributed by atoms with van der Waals surface area (Å²) in [4.78, 5) is 27.6. The fourth-order valence-corrected chi connectivity index (χ4v) is 1.99. The summed E-state index contributed by atoms with van der Waals surface area (Å²) in [5, 5.41) is 0. The summed E-state index contributed by atoms with van der Waals surface area (Å²) in [6.07, 6.45) is 0. The summed E-state index contributed by atoms with van der Waals surface area (Å²) in [7, 11) is 4.86.